The summed E-state index contributed by atoms with van der Waals surface area (Å²) < 4.78 is 0. The Labute approximate surface area is 155 Å². The molecule has 0 bridgehead atoms. The number of hydrogen-bond donors (Lipinski definition) is 0. The molecule has 0 heterocycles. The Morgan fingerprint density at radius 2 is 1.96 bits per heavy atom. The van der Waals surface area contributed by atoms with E-state index in [1.807, 2.05) is 23.9 Å². The average molecular weight is 358 g/mol. The highest BCUT2D eigenvalue weighted by atomic mass is 32.2. The molecule has 0 spiro atoms. The molecule has 25 heavy (non-hydrogen) atoms. The van der Waals surface area contributed by atoms with Crippen LogP contribution in [-0.4, -0.2) is 35.4 Å². The second kappa shape index (κ2) is 11.5. The first kappa shape index (κ1) is 21.1. The van der Waals surface area contributed by atoms with E-state index in [0.29, 0.717) is 25.8 Å². The van der Waals surface area contributed by atoms with E-state index >= 15 is 0 Å². The van der Waals surface area contributed by atoms with E-state index in [4.69, 9.17) is 6.42 Å². The first-order chi connectivity index (χ1) is 12.0. The topological polar surface area (TPSA) is 37.4 Å². The maximum atomic E-state index is 12.3. The molecule has 0 saturated heterocycles. The maximum Gasteiger partial charge on any atom is 0.223 e. The van der Waals surface area contributed by atoms with Crippen LogP contribution in [0.2, 0.25) is 0 Å². The van der Waals surface area contributed by atoms with Crippen molar-refractivity contribution >= 4 is 29.0 Å². The quantitative estimate of drug-likeness (QED) is 0.459. The summed E-state index contributed by atoms with van der Waals surface area (Å²) in [6.07, 6.45) is 8.83. The molecule has 4 heteroatoms. The smallest absolute Gasteiger partial charge is 0.223 e. The monoisotopic (exact) mass is 357 g/mol. The Bertz CT molecular complexity index is 658. The Morgan fingerprint density at radius 1 is 1.24 bits per heavy atom. The molecular formula is C21H27NO2S. The fourth-order valence-electron chi connectivity index (χ4n) is 2.44. The van der Waals surface area contributed by atoms with E-state index in [0.717, 1.165) is 11.3 Å². The average Bonchev–Trinajstić information content (AvgIpc) is 2.58. The summed E-state index contributed by atoms with van der Waals surface area (Å²) in [4.78, 5) is 26.2. The van der Waals surface area contributed by atoms with Crippen molar-refractivity contribution in [3.05, 3.63) is 35.9 Å². The molecule has 0 fully saturated rings. The maximum absolute atomic E-state index is 12.3. The molecule has 1 aromatic rings. The molecule has 0 aliphatic heterocycles. The molecule has 0 unspecified atom stereocenters. The molecule has 0 atom stereocenters. The summed E-state index contributed by atoms with van der Waals surface area (Å²) >= 11 is 1.81. The van der Waals surface area contributed by atoms with Gasteiger partial charge in [0.05, 0.1) is 6.54 Å². The zero-order chi connectivity index (χ0) is 18.7. The SMILES string of the molecule is C#CCN(C/C=C(\C)c1ccccc1SCC)C(=O)CCCC(C)=O. The van der Waals surface area contributed by atoms with Crippen molar-refractivity contribution in [2.24, 2.45) is 0 Å². The lowest BCUT2D eigenvalue weighted by molar-refractivity contribution is -0.130. The molecule has 0 radical (unpaired) electrons. The Hall–Kier alpha value is -1.99. The lowest BCUT2D eigenvalue weighted by atomic mass is 10.1. The van der Waals surface area contributed by atoms with Crippen LogP contribution >= 0.6 is 11.8 Å². The summed E-state index contributed by atoms with van der Waals surface area (Å²) in [5.41, 5.74) is 2.33. The van der Waals surface area contributed by atoms with E-state index in [-0.39, 0.29) is 18.2 Å². The van der Waals surface area contributed by atoms with Crippen LogP contribution in [-0.2, 0) is 9.59 Å². The number of rotatable bonds is 10. The molecule has 0 aliphatic carbocycles. The van der Waals surface area contributed by atoms with Crippen molar-refractivity contribution in [1.82, 2.24) is 4.90 Å². The third-order valence-corrected chi connectivity index (χ3v) is 4.74. The number of allylic oxidation sites excluding steroid dienone is 1. The van der Waals surface area contributed by atoms with E-state index in [1.165, 1.54) is 10.5 Å². The first-order valence-electron chi connectivity index (χ1n) is 8.59. The fourth-order valence-corrected chi connectivity index (χ4v) is 3.31. The molecule has 0 saturated carbocycles. The van der Waals surface area contributed by atoms with Gasteiger partial charge in [-0.05, 0) is 43.2 Å². The Balaban J connectivity index is 2.78. The number of nitrogens with zero attached hydrogens (tertiary/aromatic N) is 1. The van der Waals surface area contributed by atoms with Gasteiger partial charge in [0.2, 0.25) is 5.91 Å². The Morgan fingerprint density at radius 3 is 2.60 bits per heavy atom. The van der Waals surface area contributed by atoms with Crippen LogP contribution in [0.15, 0.2) is 35.2 Å². The van der Waals surface area contributed by atoms with Crippen molar-refractivity contribution in [3.63, 3.8) is 0 Å². The van der Waals surface area contributed by atoms with E-state index in [1.54, 1.807) is 11.8 Å². The van der Waals surface area contributed by atoms with Crippen LogP contribution in [0.3, 0.4) is 0 Å². The highest BCUT2D eigenvalue weighted by Crippen LogP contribution is 2.27. The van der Waals surface area contributed by atoms with E-state index in [9.17, 15) is 9.59 Å². The minimum absolute atomic E-state index is 0.000492. The number of carbonyl (C=O) groups is 2. The van der Waals surface area contributed by atoms with Crippen LogP contribution in [0.5, 0.6) is 0 Å². The van der Waals surface area contributed by atoms with Crippen molar-refractivity contribution in [2.45, 2.75) is 44.9 Å². The third-order valence-electron chi connectivity index (χ3n) is 3.78. The molecule has 0 aliphatic rings. The number of terminal acetylenes is 1. The van der Waals surface area contributed by atoms with Gasteiger partial charge in [-0.15, -0.1) is 18.2 Å². The second-order valence-electron chi connectivity index (χ2n) is 5.85. The van der Waals surface area contributed by atoms with Crippen LogP contribution in [0.1, 0.15) is 45.6 Å². The van der Waals surface area contributed by atoms with Gasteiger partial charge < -0.3 is 9.69 Å². The Kier molecular flexibility index (Phi) is 9.72. The van der Waals surface area contributed by atoms with Crippen LogP contribution < -0.4 is 0 Å². The minimum atomic E-state index is -0.000492. The standard InChI is InChI=1S/C21H27NO2S/c1-5-15-22(21(24)13-9-10-18(4)23)16-14-17(3)19-11-7-8-12-20(19)25-6-2/h1,7-8,11-12,14H,6,9-10,13,15-16H2,2-4H3/b17-14+. The predicted molar refractivity (Wildman–Crippen MR) is 106 cm³/mol. The van der Waals surface area contributed by atoms with Gasteiger partial charge >= 0.3 is 0 Å². The fraction of sp³-hybridized carbons (Fsp3) is 0.429. The molecular weight excluding hydrogens is 330 g/mol. The van der Waals surface area contributed by atoms with Gasteiger partial charge in [-0.3, -0.25) is 4.79 Å². The number of Topliss-reactive ketones (excluding diaryl/α,β-unsaturated/α-hetero) is 1. The molecule has 134 valence electrons. The summed E-state index contributed by atoms with van der Waals surface area (Å²) in [6.45, 7) is 6.51. The zero-order valence-electron chi connectivity index (χ0n) is 15.4. The largest absolute Gasteiger partial charge is 0.328 e. The lowest BCUT2D eigenvalue weighted by Crippen LogP contribution is -2.31. The van der Waals surface area contributed by atoms with Crippen LogP contribution in [0.25, 0.3) is 5.57 Å². The van der Waals surface area contributed by atoms with Gasteiger partial charge in [0.1, 0.15) is 5.78 Å². The summed E-state index contributed by atoms with van der Waals surface area (Å²) in [6, 6.07) is 8.29. The lowest BCUT2D eigenvalue weighted by Gasteiger charge is -2.19. The van der Waals surface area contributed by atoms with Gasteiger partial charge in [-0.25, -0.2) is 0 Å². The number of benzene rings is 1. The van der Waals surface area contributed by atoms with Gasteiger partial charge in [-0.2, -0.15) is 0 Å². The summed E-state index contributed by atoms with van der Waals surface area (Å²) in [5, 5.41) is 0. The van der Waals surface area contributed by atoms with Gasteiger partial charge in [-0.1, -0.05) is 37.1 Å². The number of thioether (sulfide) groups is 1. The van der Waals surface area contributed by atoms with Gasteiger partial charge in [0.25, 0.3) is 0 Å². The second-order valence-corrected chi connectivity index (χ2v) is 7.16. The number of hydrogen-bond acceptors (Lipinski definition) is 3. The van der Waals surface area contributed by atoms with E-state index in [2.05, 4.69) is 38.0 Å². The molecule has 0 aromatic heterocycles. The number of ketones is 1. The summed E-state index contributed by atoms with van der Waals surface area (Å²) in [5.74, 6) is 3.67. The van der Waals surface area contributed by atoms with Gasteiger partial charge in [0.15, 0.2) is 0 Å². The van der Waals surface area contributed by atoms with Crippen molar-refractivity contribution in [1.29, 1.82) is 0 Å². The molecule has 1 rings (SSSR count). The van der Waals surface area contributed by atoms with Gasteiger partial charge in [0, 0.05) is 24.3 Å². The van der Waals surface area contributed by atoms with Crippen LogP contribution in [0.4, 0.5) is 0 Å². The third kappa shape index (κ3) is 7.62. The van der Waals surface area contributed by atoms with Crippen molar-refractivity contribution in [3.8, 4) is 12.3 Å². The molecule has 3 nitrogen and oxygen atoms in total. The normalized spacial score (nSPS) is 11.0. The van der Waals surface area contributed by atoms with Crippen molar-refractivity contribution in [2.75, 3.05) is 18.8 Å². The first-order valence-corrected chi connectivity index (χ1v) is 9.57. The highest BCUT2D eigenvalue weighted by Gasteiger charge is 2.12. The molecule has 1 aromatic carbocycles. The zero-order valence-corrected chi connectivity index (χ0v) is 16.2. The molecule has 0 N–H and O–H groups in total. The minimum Gasteiger partial charge on any atom is -0.328 e. The summed E-state index contributed by atoms with van der Waals surface area (Å²) in [7, 11) is 0. The molecule has 1 amide bonds. The number of amides is 1. The van der Waals surface area contributed by atoms with Crippen LogP contribution in [0, 0.1) is 12.3 Å². The predicted octanol–water partition coefficient (Wildman–Crippen LogP) is 4.42. The highest BCUT2D eigenvalue weighted by molar-refractivity contribution is 7.99. The number of carbonyl (C=O) groups excluding carboxylic acids is 2. The van der Waals surface area contributed by atoms with E-state index < -0.39 is 0 Å². The van der Waals surface area contributed by atoms with Crippen molar-refractivity contribution < 1.29 is 9.59 Å².